The molecule has 0 fully saturated rings. The Morgan fingerprint density at radius 3 is 2.35 bits per heavy atom. The topological polar surface area (TPSA) is 29.1 Å². The van der Waals surface area contributed by atoms with Crippen LogP contribution in [0.15, 0.2) is 83.3 Å². The number of benzene rings is 3. The van der Waals surface area contributed by atoms with Crippen molar-refractivity contribution in [3.8, 4) is 0 Å². The zero-order chi connectivity index (χ0) is 17.7. The van der Waals surface area contributed by atoms with E-state index in [1.54, 1.807) is 11.8 Å². The first-order valence-corrected chi connectivity index (χ1v) is 9.58. The van der Waals surface area contributed by atoms with Crippen LogP contribution in [0.5, 0.6) is 0 Å². The number of hydrogen-bond donors (Lipinski definition) is 1. The number of rotatable bonds is 1. The van der Waals surface area contributed by atoms with Gasteiger partial charge in [-0.25, -0.2) is 0 Å². The molecule has 26 heavy (non-hydrogen) atoms. The number of nitrogens with one attached hydrogen (secondary N) is 1. The molecule has 1 aliphatic heterocycles. The molecule has 1 N–H and O–H groups in total. The van der Waals surface area contributed by atoms with E-state index in [9.17, 15) is 4.79 Å². The van der Waals surface area contributed by atoms with Gasteiger partial charge in [0.05, 0.1) is 16.6 Å². The van der Waals surface area contributed by atoms with Gasteiger partial charge in [-0.05, 0) is 24.6 Å². The minimum absolute atomic E-state index is 0.0263. The van der Waals surface area contributed by atoms with Gasteiger partial charge in [0.15, 0.2) is 5.78 Å². The minimum atomic E-state index is -0.0263. The Hall–Kier alpha value is -2.78. The first-order chi connectivity index (χ1) is 12.7. The molecule has 1 atom stereocenters. The molecular formula is C23H17NOS. The highest BCUT2D eigenvalue weighted by Gasteiger charge is 2.37. The van der Waals surface area contributed by atoms with Gasteiger partial charge in [0, 0.05) is 21.6 Å². The molecule has 0 aromatic heterocycles. The molecule has 3 aromatic carbocycles. The molecule has 1 heterocycles. The molecule has 0 bridgehead atoms. The van der Waals surface area contributed by atoms with Crippen LogP contribution in [0.2, 0.25) is 0 Å². The minimum Gasteiger partial charge on any atom is -0.354 e. The van der Waals surface area contributed by atoms with Gasteiger partial charge in [-0.2, -0.15) is 0 Å². The van der Waals surface area contributed by atoms with E-state index in [0.717, 1.165) is 38.5 Å². The summed E-state index contributed by atoms with van der Waals surface area (Å²) in [6.45, 7) is 2.09. The number of ketones is 1. The van der Waals surface area contributed by atoms with Crippen LogP contribution < -0.4 is 5.32 Å². The van der Waals surface area contributed by atoms with Crippen molar-refractivity contribution in [2.24, 2.45) is 0 Å². The highest BCUT2D eigenvalue weighted by Crippen LogP contribution is 2.52. The average Bonchev–Trinajstić information content (AvgIpc) is 2.84. The van der Waals surface area contributed by atoms with E-state index in [1.807, 2.05) is 36.4 Å². The highest BCUT2D eigenvalue weighted by atomic mass is 32.2. The molecule has 2 nitrogen and oxygen atoms in total. The van der Waals surface area contributed by atoms with Gasteiger partial charge in [-0.1, -0.05) is 66.2 Å². The van der Waals surface area contributed by atoms with E-state index >= 15 is 0 Å². The Balaban J connectivity index is 1.74. The van der Waals surface area contributed by atoms with Crippen LogP contribution in [-0.4, -0.2) is 5.78 Å². The van der Waals surface area contributed by atoms with E-state index < -0.39 is 0 Å². The lowest BCUT2D eigenvalue weighted by Crippen LogP contribution is -2.07. The molecule has 2 aliphatic rings. The summed E-state index contributed by atoms with van der Waals surface area (Å²) in [6.07, 6.45) is 0. The van der Waals surface area contributed by atoms with Crippen molar-refractivity contribution in [2.75, 3.05) is 5.32 Å². The fourth-order valence-electron chi connectivity index (χ4n) is 3.66. The molecule has 0 radical (unpaired) electrons. The fraction of sp³-hybridized carbons (Fsp3) is 0.0870. The Labute approximate surface area is 157 Å². The van der Waals surface area contributed by atoms with Crippen LogP contribution in [-0.2, 0) is 0 Å². The second-order valence-corrected chi connectivity index (χ2v) is 7.84. The maximum atomic E-state index is 13.3. The molecule has 126 valence electrons. The molecule has 3 heteroatoms. The molecule has 0 spiro atoms. The Morgan fingerprint density at radius 1 is 0.846 bits per heavy atom. The number of fused-ring (bicyclic) bond motifs is 3. The zero-order valence-electron chi connectivity index (χ0n) is 14.3. The lowest BCUT2D eigenvalue weighted by Gasteiger charge is -2.17. The summed E-state index contributed by atoms with van der Waals surface area (Å²) in [7, 11) is 0. The quantitative estimate of drug-likeness (QED) is 0.592. The number of anilines is 1. The predicted molar refractivity (Wildman–Crippen MR) is 108 cm³/mol. The van der Waals surface area contributed by atoms with Crippen molar-refractivity contribution in [1.29, 1.82) is 0 Å². The molecule has 1 aliphatic carbocycles. The molecule has 0 amide bonds. The van der Waals surface area contributed by atoms with Crippen LogP contribution in [0.1, 0.15) is 32.3 Å². The third-order valence-corrected chi connectivity index (χ3v) is 6.34. The third-order valence-electron chi connectivity index (χ3n) is 4.99. The van der Waals surface area contributed by atoms with Crippen LogP contribution in [0.4, 0.5) is 5.69 Å². The van der Waals surface area contributed by atoms with E-state index in [1.165, 1.54) is 5.56 Å². The van der Waals surface area contributed by atoms with Crippen LogP contribution in [0.25, 0.3) is 5.70 Å². The predicted octanol–water partition coefficient (Wildman–Crippen LogP) is 5.86. The average molecular weight is 355 g/mol. The number of thioether (sulfide) groups is 1. The third kappa shape index (κ3) is 2.31. The van der Waals surface area contributed by atoms with Gasteiger partial charge in [-0.3, -0.25) is 4.79 Å². The van der Waals surface area contributed by atoms with Gasteiger partial charge in [-0.15, -0.1) is 11.8 Å². The number of para-hydroxylation sites is 1. The summed E-state index contributed by atoms with van der Waals surface area (Å²) in [5, 5.41) is 3.53. The number of hydrogen-bond acceptors (Lipinski definition) is 3. The maximum Gasteiger partial charge on any atom is 0.193 e. The summed E-state index contributed by atoms with van der Waals surface area (Å²) in [4.78, 5) is 14.4. The molecule has 0 unspecified atom stereocenters. The second-order valence-electron chi connectivity index (χ2n) is 6.69. The van der Waals surface area contributed by atoms with Crippen LogP contribution in [0.3, 0.4) is 0 Å². The van der Waals surface area contributed by atoms with Crippen molar-refractivity contribution < 1.29 is 4.79 Å². The zero-order valence-corrected chi connectivity index (χ0v) is 15.1. The lowest BCUT2D eigenvalue weighted by atomic mass is 10.00. The Morgan fingerprint density at radius 2 is 1.54 bits per heavy atom. The first kappa shape index (κ1) is 15.5. The van der Waals surface area contributed by atoms with Crippen molar-refractivity contribution in [1.82, 2.24) is 0 Å². The molecule has 5 rings (SSSR count). The van der Waals surface area contributed by atoms with Gasteiger partial charge >= 0.3 is 0 Å². The van der Waals surface area contributed by atoms with Crippen LogP contribution >= 0.6 is 11.8 Å². The van der Waals surface area contributed by atoms with E-state index in [4.69, 9.17) is 0 Å². The molecular weight excluding hydrogens is 338 g/mol. The molecule has 0 saturated carbocycles. The fourth-order valence-corrected chi connectivity index (χ4v) is 4.95. The van der Waals surface area contributed by atoms with Gasteiger partial charge in [0.1, 0.15) is 0 Å². The van der Waals surface area contributed by atoms with E-state index in [0.29, 0.717) is 0 Å². The maximum absolute atomic E-state index is 13.3. The Kier molecular flexibility index (Phi) is 3.50. The largest absolute Gasteiger partial charge is 0.354 e. The SMILES string of the molecule is Cc1ccc([C@H]2Sc3ccccc3NC3=C2C(=O)c2ccccc23)cc1. The Bertz CT molecular complexity index is 1070. The van der Waals surface area contributed by atoms with Gasteiger partial charge < -0.3 is 5.32 Å². The number of carbonyl (C=O) groups excluding carboxylic acids is 1. The number of aryl methyl sites for hydroxylation is 1. The van der Waals surface area contributed by atoms with Gasteiger partial charge in [0.25, 0.3) is 0 Å². The lowest BCUT2D eigenvalue weighted by molar-refractivity contribution is 0.103. The summed E-state index contributed by atoms with van der Waals surface area (Å²) < 4.78 is 0. The summed E-state index contributed by atoms with van der Waals surface area (Å²) in [5.41, 5.74) is 7.05. The normalized spacial score (nSPS) is 17.9. The number of carbonyl (C=O) groups is 1. The monoisotopic (exact) mass is 355 g/mol. The summed E-state index contributed by atoms with van der Waals surface area (Å²) >= 11 is 1.75. The molecule has 3 aromatic rings. The molecule has 0 saturated heterocycles. The van der Waals surface area contributed by atoms with E-state index in [2.05, 4.69) is 48.6 Å². The standard InChI is InChI=1S/C23H17NOS/c1-14-10-12-15(13-11-14)23-20-21(16-6-2-3-7-17(16)22(20)25)24-18-8-4-5-9-19(18)26-23/h2-13,23-24H,1H3/t23-/m1/s1. The van der Waals surface area contributed by atoms with Crippen molar-refractivity contribution >= 4 is 28.9 Å². The highest BCUT2D eigenvalue weighted by molar-refractivity contribution is 8.00. The summed E-state index contributed by atoms with van der Waals surface area (Å²) in [5.74, 6) is 0.133. The van der Waals surface area contributed by atoms with Gasteiger partial charge in [0.2, 0.25) is 0 Å². The smallest absolute Gasteiger partial charge is 0.193 e. The van der Waals surface area contributed by atoms with Crippen LogP contribution in [0, 0.1) is 6.92 Å². The van der Waals surface area contributed by atoms with Crippen molar-refractivity contribution in [2.45, 2.75) is 17.1 Å². The first-order valence-electron chi connectivity index (χ1n) is 8.70. The number of Topliss-reactive ketones (excluding diaryl/α,β-unsaturated/α-hetero) is 1. The van der Waals surface area contributed by atoms with Crippen molar-refractivity contribution in [3.63, 3.8) is 0 Å². The summed E-state index contributed by atoms with van der Waals surface area (Å²) in [6, 6.07) is 24.7. The second kappa shape index (κ2) is 5.89. The van der Waals surface area contributed by atoms with Crippen molar-refractivity contribution in [3.05, 3.63) is 101 Å². The van der Waals surface area contributed by atoms with E-state index in [-0.39, 0.29) is 11.0 Å².